The van der Waals surface area contributed by atoms with E-state index in [-0.39, 0.29) is 0 Å². The van der Waals surface area contributed by atoms with Gasteiger partial charge in [-0.15, -0.1) is 0 Å². The molecular formula is C133H86N14. The fraction of sp³-hybridized carbons (Fsp3) is 0. The molecule has 0 aliphatic heterocycles. The van der Waals surface area contributed by atoms with E-state index in [1.54, 1.807) is 0 Å². The van der Waals surface area contributed by atoms with Gasteiger partial charge < -0.3 is 0 Å². The standard InChI is InChI=1S/C48H31N5.C43H28N4.C42H27N5/c1-5-14-34(15-6-1)45-50-46(35-16-7-2-8-17-35)52-47(51-45)39-21-13-20-37(30-39)38-27-25-32-24-26-33-28-29-42-44(43(33)41(32)31-38)49-48(36-18-9-3-10-19-36)53(42)40-22-11-4-12-23-40;1-5-13-30(14-6-1)37-28-38(31-15-7-2-8-16-31)45-42(44-37)34-24-22-29-21-23-32-25-26-39-41(40(32)36(29)27-34)46-43(33-17-9-3-10-18-33)47(39)35-19-11-4-12-20-35;1-5-13-30(14-6-1)39-44-40(31-15-7-2-8-16-31)46-41(45-39)33-24-22-28-21-23-29-25-26-36-38(37(29)35(28)27-33)43-42(32-17-9-3-10-18-32)47(36)34-19-11-4-12-20-34/h1-31H;1-28H;1-27H. The Morgan fingerprint density at radius 3 is 0.633 bits per heavy atom. The van der Waals surface area contributed by atoms with Gasteiger partial charge in [0.05, 0.1) is 44.5 Å². The number of imidazole rings is 3. The zero-order valence-corrected chi connectivity index (χ0v) is 79.4. The lowest BCUT2D eigenvalue weighted by molar-refractivity contribution is 1.07. The highest BCUT2D eigenvalue weighted by molar-refractivity contribution is 6.23. The second-order valence-corrected chi connectivity index (χ2v) is 36.4. The highest BCUT2D eigenvalue weighted by atomic mass is 15.1. The Balaban J connectivity index is 0.000000112. The zero-order chi connectivity index (χ0) is 97.5. The number of hydrogen-bond donors (Lipinski definition) is 0. The lowest BCUT2D eigenvalue weighted by Gasteiger charge is -2.11. The van der Waals surface area contributed by atoms with E-state index in [1.807, 2.05) is 188 Å². The van der Waals surface area contributed by atoms with Gasteiger partial charge in [0.2, 0.25) is 0 Å². The summed E-state index contributed by atoms with van der Waals surface area (Å²) in [6.45, 7) is 0. The molecule has 28 rings (SSSR count). The predicted molar refractivity (Wildman–Crippen MR) is 601 cm³/mol. The normalized spacial score (nSPS) is 11.4. The molecule has 0 bridgehead atoms. The van der Waals surface area contributed by atoms with Crippen LogP contribution in [0.3, 0.4) is 0 Å². The van der Waals surface area contributed by atoms with E-state index in [9.17, 15) is 0 Å². The first kappa shape index (κ1) is 87.2. The number of hydrogen-bond acceptors (Lipinski definition) is 11. The molecule has 0 aliphatic carbocycles. The first-order chi connectivity index (χ1) is 72.9. The molecule has 14 heteroatoms. The van der Waals surface area contributed by atoms with Crippen LogP contribution in [0.2, 0.25) is 0 Å². The van der Waals surface area contributed by atoms with Crippen molar-refractivity contribution in [3.8, 4) is 165 Å². The largest absolute Gasteiger partial charge is 0.292 e. The van der Waals surface area contributed by atoms with Crippen molar-refractivity contribution in [2.24, 2.45) is 0 Å². The van der Waals surface area contributed by atoms with E-state index >= 15 is 0 Å². The summed E-state index contributed by atoms with van der Waals surface area (Å²) in [4.78, 5) is 56.1. The zero-order valence-electron chi connectivity index (χ0n) is 79.4. The summed E-state index contributed by atoms with van der Waals surface area (Å²) in [5.41, 5.74) is 25.2. The van der Waals surface area contributed by atoms with Gasteiger partial charge in [0.1, 0.15) is 17.5 Å². The van der Waals surface area contributed by atoms with Gasteiger partial charge in [-0.1, -0.05) is 437 Å². The summed E-state index contributed by atoms with van der Waals surface area (Å²) in [6, 6.07) is 180. The molecule has 0 N–H and O–H groups in total. The van der Waals surface area contributed by atoms with Crippen molar-refractivity contribution in [2.45, 2.75) is 0 Å². The topological polar surface area (TPSA) is 157 Å². The van der Waals surface area contributed by atoms with E-state index in [4.69, 9.17) is 54.8 Å². The van der Waals surface area contributed by atoms with Crippen molar-refractivity contribution in [1.82, 2.24) is 68.5 Å². The Labute approximate surface area is 846 Å². The molecule has 22 aromatic carbocycles. The van der Waals surface area contributed by atoms with Gasteiger partial charge in [-0.3, -0.25) is 13.7 Å². The van der Waals surface area contributed by atoms with E-state index in [0.717, 1.165) is 222 Å². The summed E-state index contributed by atoms with van der Waals surface area (Å²) in [5.74, 6) is 7.27. The van der Waals surface area contributed by atoms with Crippen molar-refractivity contribution >= 4 is 97.7 Å². The highest BCUT2D eigenvalue weighted by Crippen LogP contribution is 2.45. The van der Waals surface area contributed by atoms with E-state index < -0.39 is 0 Å². The first-order valence-corrected chi connectivity index (χ1v) is 49.2. The molecule has 0 saturated heterocycles. The Morgan fingerprint density at radius 2 is 0.333 bits per heavy atom. The van der Waals surface area contributed by atoms with Gasteiger partial charge in [-0.25, -0.2) is 54.8 Å². The second kappa shape index (κ2) is 38.2. The van der Waals surface area contributed by atoms with Crippen LogP contribution in [-0.2, 0) is 0 Å². The maximum Gasteiger partial charge on any atom is 0.164 e. The van der Waals surface area contributed by atoms with Crippen LogP contribution in [0.4, 0.5) is 0 Å². The van der Waals surface area contributed by atoms with Crippen LogP contribution in [0.1, 0.15) is 0 Å². The average molecular weight is 1880 g/mol. The molecule has 0 spiro atoms. The fourth-order valence-corrected chi connectivity index (χ4v) is 20.2. The van der Waals surface area contributed by atoms with Crippen molar-refractivity contribution in [1.29, 1.82) is 0 Å². The van der Waals surface area contributed by atoms with Gasteiger partial charge in [0.15, 0.2) is 40.8 Å². The van der Waals surface area contributed by atoms with Crippen LogP contribution in [0.25, 0.3) is 262 Å². The smallest absolute Gasteiger partial charge is 0.164 e. The molecule has 0 radical (unpaired) electrons. The minimum Gasteiger partial charge on any atom is -0.292 e. The van der Waals surface area contributed by atoms with Crippen molar-refractivity contribution in [2.75, 3.05) is 0 Å². The molecule has 28 aromatic rings. The van der Waals surface area contributed by atoms with Gasteiger partial charge in [0, 0.05) is 100.0 Å². The Morgan fingerprint density at radius 1 is 0.129 bits per heavy atom. The summed E-state index contributed by atoms with van der Waals surface area (Å²) in [7, 11) is 0. The van der Waals surface area contributed by atoms with Gasteiger partial charge in [-0.05, 0) is 145 Å². The predicted octanol–water partition coefficient (Wildman–Crippen LogP) is 32.8. The Kier molecular flexibility index (Phi) is 22.6. The molecule has 0 unspecified atom stereocenters. The van der Waals surface area contributed by atoms with Crippen LogP contribution in [0.15, 0.2) is 522 Å². The molecule has 688 valence electrons. The van der Waals surface area contributed by atoms with Crippen molar-refractivity contribution < 1.29 is 0 Å². The van der Waals surface area contributed by atoms with Crippen LogP contribution in [0, 0.1) is 0 Å². The Bertz CT molecular complexity index is 9260. The first-order valence-electron chi connectivity index (χ1n) is 49.2. The number of para-hydroxylation sites is 3. The number of nitrogens with zero attached hydrogens (tertiary/aromatic N) is 14. The molecule has 14 nitrogen and oxygen atoms in total. The van der Waals surface area contributed by atoms with Gasteiger partial charge in [-0.2, -0.15) is 0 Å². The maximum absolute atomic E-state index is 5.40. The maximum atomic E-state index is 5.40. The highest BCUT2D eigenvalue weighted by Gasteiger charge is 2.26. The number of fused-ring (bicyclic) bond motifs is 15. The van der Waals surface area contributed by atoms with Crippen LogP contribution in [-0.4, -0.2) is 68.5 Å². The van der Waals surface area contributed by atoms with E-state index in [2.05, 4.69) is 347 Å². The third kappa shape index (κ3) is 16.8. The third-order valence-electron chi connectivity index (χ3n) is 27.2. The number of benzene rings is 22. The lowest BCUT2D eigenvalue weighted by Crippen LogP contribution is -2.00. The third-order valence-corrected chi connectivity index (χ3v) is 27.2. The molecule has 6 aromatic heterocycles. The number of rotatable bonds is 16. The molecule has 147 heavy (non-hydrogen) atoms. The van der Waals surface area contributed by atoms with E-state index in [0.29, 0.717) is 40.8 Å². The molecule has 0 fully saturated rings. The minimum atomic E-state index is 0.628. The fourth-order valence-electron chi connectivity index (χ4n) is 20.2. The molecule has 6 heterocycles. The molecular weight excluding hydrogens is 1790 g/mol. The SMILES string of the molecule is c1ccc(-c2cc(-c3ccccc3)nc(-c3ccc4ccc5ccc6c(nc(-c7ccccc7)n6-c6ccccc6)c5c4c3)n2)cc1.c1ccc(-c2nc(-c3ccccc3)nc(-c3ccc4ccc5ccc6c(nc(-c7ccccc7)n6-c6ccccc6)c5c4c3)n2)cc1.c1ccc(-c2nc(-c3ccccc3)nc(-c3cccc(-c4ccc5ccc6ccc7c(nc(-c8ccccc8)n7-c7ccccc7)c6c5c4)c3)n2)cc1. The Hall–Kier alpha value is -20.1. The molecule has 0 aliphatic rings. The number of aromatic nitrogens is 14. The second-order valence-electron chi connectivity index (χ2n) is 36.4. The summed E-state index contributed by atoms with van der Waals surface area (Å²) in [5, 5.41) is 13.6. The van der Waals surface area contributed by atoms with Gasteiger partial charge >= 0.3 is 0 Å². The van der Waals surface area contributed by atoms with Crippen LogP contribution in [0.5, 0.6) is 0 Å². The monoisotopic (exact) mass is 1880 g/mol. The lowest BCUT2D eigenvalue weighted by atomic mass is 9.95. The minimum absolute atomic E-state index is 0.628. The molecule has 0 atom stereocenters. The van der Waals surface area contributed by atoms with Crippen molar-refractivity contribution in [3.63, 3.8) is 0 Å². The van der Waals surface area contributed by atoms with Crippen LogP contribution < -0.4 is 0 Å². The van der Waals surface area contributed by atoms with Gasteiger partial charge in [0.25, 0.3) is 0 Å². The molecule has 0 amide bonds. The van der Waals surface area contributed by atoms with Crippen LogP contribution >= 0.6 is 0 Å². The quantitative estimate of drug-likeness (QED) is 0.0848. The summed E-state index contributed by atoms with van der Waals surface area (Å²) >= 11 is 0. The van der Waals surface area contributed by atoms with E-state index in [1.165, 1.54) is 0 Å². The summed E-state index contributed by atoms with van der Waals surface area (Å²) < 4.78 is 6.81. The summed E-state index contributed by atoms with van der Waals surface area (Å²) in [6.07, 6.45) is 0. The molecule has 0 saturated carbocycles. The van der Waals surface area contributed by atoms with Crippen molar-refractivity contribution in [3.05, 3.63) is 522 Å². The average Bonchev–Trinajstić information content (AvgIpc) is 1.56.